The van der Waals surface area contributed by atoms with Gasteiger partial charge in [0.2, 0.25) is 0 Å². The highest BCUT2D eigenvalue weighted by Gasteiger charge is 2.23. The Labute approximate surface area is 87.9 Å². The van der Waals surface area contributed by atoms with Crippen LogP contribution in [0.3, 0.4) is 0 Å². The lowest BCUT2D eigenvalue weighted by Crippen LogP contribution is -2.38. The molecular formula is C11H15F2NO. The van der Waals surface area contributed by atoms with Crippen LogP contribution in [0.15, 0.2) is 18.2 Å². The molecule has 0 aliphatic rings. The largest absolute Gasteiger partial charge is 0.389 e. The van der Waals surface area contributed by atoms with Gasteiger partial charge in [0.1, 0.15) is 11.6 Å². The zero-order valence-corrected chi connectivity index (χ0v) is 8.85. The minimum atomic E-state index is -1.15. The third-order valence-electron chi connectivity index (χ3n) is 2.18. The van der Waals surface area contributed by atoms with E-state index in [1.165, 1.54) is 25.1 Å². The molecule has 0 spiro atoms. The summed E-state index contributed by atoms with van der Waals surface area (Å²) in [5.41, 5.74) is -1.23. The van der Waals surface area contributed by atoms with Crippen LogP contribution in [0.1, 0.15) is 12.5 Å². The molecule has 0 bridgehead atoms. The highest BCUT2D eigenvalue weighted by atomic mass is 19.1. The molecule has 2 N–H and O–H groups in total. The molecule has 0 fully saturated rings. The van der Waals surface area contributed by atoms with Gasteiger partial charge in [-0.05, 0) is 26.1 Å². The highest BCUT2D eigenvalue weighted by Crippen LogP contribution is 2.18. The molecule has 1 unspecified atom stereocenters. The number of benzene rings is 1. The van der Waals surface area contributed by atoms with Crippen LogP contribution in [0.25, 0.3) is 0 Å². The van der Waals surface area contributed by atoms with Crippen LogP contribution in [0, 0.1) is 11.6 Å². The lowest BCUT2D eigenvalue weighted by atomic mass is 9.96. The van der Waals surface area contributed by atoms with Crippen LogP contribution in [-0.2, 0) is 6.42 Å². The van der Waals surface area contributed by atoms with Crippen molar-refractivity contribution in [1.82, 2.24) is 5.32 Å². The van der Waals surface area contributed by atoms with Gasteiger partial charge in [-0.2, -0.15) is 0 Å². The summed E-state index contributed by atoms with van der Waals surface area (Å²) in [6, 6.07) is 3.68. The Hall–Kier alpha value is -1.00. The summed E-state index contributed by atoms with van der Waals surface area (Å²) in [6.07, 6.45) is -0.0493. The van der Waals surface area contributed by atoms with Crippen molar-refractivity contribution in [2.75, 3.05) is 13.6 Å². The van der Waals surface area contributed by atoms with E-state index in [0.29, 0.717) is 0 Å². The number of hydrogen-bond donors (Lipinski definition) is 2. The van der Waals surface area contributed by atoms with Gasteiger partial charge in [0, 0.05) is 18.5 Å². The van der Waals surface area contributed by atoms with Crippen molar-refractivity contribution < 1.29 is 13.9 Å². The van der Waals surface area contributed by atoms with E-state index in [2.05, 4.69) is 5.32 Å². The topological polar surface area (TPSA) is 32.3 Å². The van der Waals surface area contributed by atoms with Crippen LogP contribution in [0.2, 0.25) is 0 Å². The summed E-state index contributed by atoms with van der Waals surface area (Å²) in [4.78, 5) is 0. The molecule has 0 aliphatic heterocycles. The number of aliphatic hydroxyl groups is 1. The first-order valence-electron chi connectivity index (χ1n) is 4.76. The molecule has 0 saturated carbocycles. The Bertz CT molecular complexity index is 319. The van der Waals surface area contributed by atoms with Gasteiger partial charge in [0.15, 0.2) is 0 Å². The maximum Gasteiger partial charge on any atom is 0.129 e. The van der Waals surface area contributed by atoms with Gasteiger partial charge in [-0.15, -0.1) is 0 Å². The second kappa shape index (κ2) is 4.68. The molecule has 0 aliphatic carbocycles. The van der Waals surface area contributed by atoms with Gasteiger partial charge >= 0.3 is 0 Å². The van der Waals surface area contributed by atoms with Crippen molar-refractivity contribution in [2.24, 2.45) is 0 Å². The van der Waals surface area contributed by atoms with Gasteiger partial charge in [-0.3, -0.25) is 0 Å². The smallest absolute Gasteiger partial charge is 0.129 e. The van der Waals surface area contributed by atoms with Crippen molar-refractivity contribution in [3.05, 3.63) is 35.4 Å². The number of hydrogen-bond acceptors (Lipinski definition) is 2. The zero-order valence-electron chi connectivity index (χ0n) is 8.85. The molecule has 1 aromatic carbocycles. The third-order valence-corrected chi connectivity index (χ3v) is 2.18. The van der Waals surface area contributed by atoms with Crippen molar-refractivity contribution in [3.63, 3.8) is 0 Å². The number of nitrogens with one attached hydrogen (secondary N) is 1. The van der Waals surface area contributed by atoms with E-state index in [0.717, 1.165) is 0 Å². The summed E-state index contributed by atoms with van der Waals surface area (Å²) in [5.74, 6) is -1.24. The third kappa shape index (κ3) is 3.25. The quantitative estimate of drug-likeness (QED) is 0.797. The first-order chi connectivity index (χ1) is 6.96. The van der Waals surface area contributed by atoms with E-state index in [-0.39, 0.29) is 18.5 Å². The molecule has 1 atom stereocenters. The second-order valence-electron chi connectivity index (χ2n) is 3.90. The van der Waals surface area contributed by atoms with Crippen molar-refractivity contribution >= 4 is 0 Å². The lowest BCUT2D eigenvalue weighted by molar-refractivity contribution is 0.0604. The highest BCUT2D eigenvalue weighted by molar-refractivity contribution is 5.21. The minimum absolute atomic E-state index is 0.0493. The van der Waals surface area contributed by atoms with Crippen molar-refractivity contribution in [3.8, 4) is 0 Å². The van der Waals surface area contributed by atoms with E-state index in [4.69, 9.17) is 0 Å². The number of rotatable bonds is 4. The molecule has 4 heteroatoms. The summed E-state index contributed by atoms with van der Waals surface area (Å²) >= 11 is 0. The zero-order chi connectivity index (χ0) is 11.5. The lowest BCUT2D eigenvalue weighted by Gasteiger charge is -2.23. The molecule has 1 aromatic rings. The van der Waals surface area contributed by atoms with Gasteiger partial charge in [0.05, 0.1) is 5.60 Å². The average molecular weight is 215 g/mol. The van der Waals surface area contributed by atoms with Crippen LogP contribution in [0.4, 0.5) is 8.78 Å². The molecule has 1 rings (SSSR count). The average Bonchev–Trinajstić information content (AvgIpc) is 2.11. The van der Waals surface area contributed by atoms with Gasteiger partial charge in [-0.25, -0.2) is 8.78 Å². The van der Waals surface area contributed by atoms with Gasteiger partial charge in [0.25, 0.3) is 0 Å². The fourth-order valence-electron chi connectivity index (χ4n) is 1.53. The molecule has 84 valence electrons. The summed E-state index contributed by atoms with van der Waals surface area (Å²) < 4.78 is 26.5. The molecule has 0 amide bonds. The maximum absolute atomic E-state index is 13.2. The monoisotopic (exact) mass is 215 g/mol. The maximum atomic E-state index is 13.2. The molecule has 2 nitrogen and oxygen atoms in total. The summed E-state index contributed by atoms with van der Waals surface area (Å²) in [6.45, 7) is 1.82. The number of likely N-dealkylation sites (N-methyl/N-ethyl adjacent to an activating group) is 1. The first kappa shape index (κ1) is 12.1. The molecule has 15 heavy (non-hydrogen) atoms. The van der Waals surface area contributed by atoms with Crippen LogP contribution in [0.5, 0.6) is 0 Å². The van der Waals surface area contributed by atoms with E-state index < -0.39 is 17.2 Å². The van der Waals surface area contributed by atoms with Crippen LogP contribution in [-0.4, -0.2) is 24.3 Å². The van der Waals surface area contributed by atoms with Crippen molar-refractivity contribution in [2.45, 2.75) is 18.9 Å². The van der Waals surface area contributed by atoms with E-state index in [1.807, 2.05) is 0 Å². The fourth-order valence-corrected chi connectivity index (χ4v) is 1.53. The molecular weight excluding hydrogens is 200 g/mol. The fraction of sp³-hybridized carbons (Fsp3) is 0.455. The Balaban J connectivity index is 2.89. The molecule has 0 heterocycles. The van der Waals surface area contributed by atoms with Crippen molar-refractivity contribution in [1.29, 1.82) is 0 Å². The summed E-state index contributed by atoms with van der Waals surface area (Å²) in [5, 5.41) is 12.6. The Kier molecular flexibility index (Phi) is 3.77. The van der Waals surface area contributed by atoms with Gasteiger partial charge < -0.3 is 10.4 Å². The Morgan fingerprint density at radius 1 is 1.33 bits per heavy atom. The standard InChI is InChI=1S/C11H15F2NO/c1-11(15,7-14-2)6-8-9(12)4-3-5-10(8)13/h3-5,14-15H,6-7H2,1-2H3. The van der Waals surface area contributed by atoms with E-state index in [9.17, 15) is 13.9 Å². The number of halogens is 2. The Morgan fingerprint density at radius 3 is 2.33 bits per heavy atom. The van der Waals surface area contributed by atoms with E-state index >= 15 is 0 Å². The predicted octanol–water partition coefficient (Wildman–Crippen LogP) is 1.48. The molecule has 0 saturated heterocycles. The van der Waals surface area contributed by atoms with E-state index in [1.54, 1.807) is 7.05 Å². The van der Waals surface area contributed by atoms with Gasteiger partial charge in [-0.1, -0.05) is 6.07 Å². The predicted molar refractivity (Wildman–Crippen MR) is 54.6 cm³/mol. The van der Waals surface area contributed by atoms with Crippen LogP contribution < -0.4 is 5.32 Å². The molecule has 0 radical (unpaired) electrons. The summed E-state index contributed by atoms with van der Waals surface area (Å²) in [7, 11) is 1.67. The second-order valence-corrected chi connectivity index (χ2v) is 3.90. The minimum Gasteiger partial charge on any atom is -0.389 e. The Morgan fingerprint density at radius 2 is 1.87 bits per heavy atom. The first-order valence-corrected chi connectivity index (χ1v) is 4.76. The molecule has 0 aromatic heterocycles. The SMILES string of the molecule is CNCC(C)(O)Cc1c(F)cccc1F. The normalized spacial score (nSPS) is 15.0. The van der Waals surface area contributed by atoms with Crippen LogP contribution >= 0.6 is 0 Å².